The van der Waals surface area contributed by atoms with Crippen molar-refractivity contribution in [3.8, 4) is 11.5 Å². The maximum atomic E-state index is 14.8. The molecule has 1 aliphatic rings. The normalized spacial score (nSPS) is 14.9. The van der Waals surface area contributed by atoms with Gasteiger partial charge in [-0.1, -0.05) is 12.1 Å². The number of anilines is 1. The van der Waals surface area contributed by atoms with E-state index in [0.29, 0.717) is 18.8 Å². The van der Waals surface area contributed by atoms with Crippen LogP contribution >= 0.6 is 0 Å². The van der Waals surface area contributed by atoms with E-state index in [1.807, 2.05) is 0 Å². The van der Waals surface area contributed by atoms with E-state index in [9.17, 15) is 27.2 Å². The second-order valence-corrected chi connectivity index (χ2v) is 8.41. The van der Waals surface area contributed by atoms with E-state index in [2.05, 4.69) is 30.9 Å². The van der Waals surface area contributed by atoms with Gasteiger partial charge in [0.05, 0.1) is 29.1 Å². The lowest BCUT2D eigenvalue weighted by Gasteiger charge is -2.21. The number of hydrogen-bond donors (Lipinski definition) is 3. The van der Waals surface area contributed by atoms with Crippen LogP contribution in [0, 0.1) is 5.82 Å². The first-order chi connectivity index (χ1) is 17.5. The number of alkyl halides is 3. The predicted octanol–water partition coefficient (Wildman–Crippen LogP) is 4.00. The number of nitrogens with one attached hydrogen (secondary N) is 3. The van der Waals surface area contributed by atoms with Crippen molar-refractivity contribution in [3.63, 3.8) is 0 Å². The summed E-state index contributed by atoms with van der Waals surface area (Å²) in [6.07, 6.45) is -0.180. The molecular weight excluding hydrogens is 496 g/mol. The standard InChI is InChI=1S/C24H22F4N6O3/c1-13(33-21(36)23(7-8-23)34-20(35)14-10-31-22(29-2)32-11-14)19-17(25)9-15(12-30-19)37-18-6-4-3-5-16(18)24(26,27)28/h3-6,9-13H,7-8H2,1-2H3,(H,33,36)(H,34,35)(H,29,31,32). The lowest BCUT2D eigenvalue weighted by Crippen LogP contribution is -2.49. The molecule has 37 heavy (non-hydrogen) atoms. The van der Waals surface area contributed by atoms with Crippen LogP contribution in [0.5, 0.6) is 11.5 Å². The molecule has 0 spiro atoms. The lowest BCUT2D eigenvalue weighted by molar-refractivity contribution is -0.138. The van der Waals surface area contributed by atoms with Gasteiger partial charge in [0.15, 0.2) is 5.82 Å². The SMILES string of the molecule is CNc1ncc(C(=O)NC2(C(=O)NC(C)c3ncc(Oc4ccccc4C(F)(F)F)cc3F)CC2)cn1. The van der Waals surface area contributed by atoms with Crippen LogP contribution in [0.25, 0.3) is 0 Å². The third kappa shape index (κ3) is 5.76. The summed E-state index contributed by atoms with van der Waals surface area (Å²) in [5.74, 6) is -2.35. The maximum Gasteiger partial charge on any atom is 0.419 e. The molecule has 0 bridgehead atoms. The summed E-state index contributed by atoms with van der Waals surface area (Å²) >= 11 is 0. The highest BCUT2D eigenvalue weighted by Gasteiger charge is 2.51. The second kappa shape index (κ2) is 9.99. The van der Waals surface area contributed by atoms with Gasteiger partial charge in [-0.15, -0.1) is 0 Å². The Bertz CT molecular complexity index is 1310. The maximum absolute atomic E-state index is 14.8. The van der Waals surface area contributed by atoms with Crippen molar-refractivity contribution < 1.29 is 31.9 Å². The Morgan fingerprint density at radius 3 is 2.35 bits per heavy atom. The summed E-state index contributed by atoms with van der Waals surface area (Å²) in [4.78, 5) is 37.3. The first-order valence-electron chi connectivity index (χ1n) is 11.2. The molecule has 0 saturated heterocycles. The smallest absolute Gasteiger partial charge is 0.419 e. The number of carbonyl (C=O) groups excluding carboxylic acids is 2. The van der Waals surface area contributed by atoms with Crippen LogP contribution < -0.4 is 20.7 Å². The molecule has 1 aliphatic carbocycles. The van der Waals surface area contributed by atoms with Crippen LogP contribution in [0.2, 0.25) is 0 Å². The van der Waals surface area contributed by atoms with Gasteiger partial charge in [0.25, 0.3) is 5.91 Å². The van der Waals surface area contributed by atoms with Crippen molar-refractivity contribution in [3.05, 3.63) is 71.6 Å². The number of amides is 2. The molecule has 3 N–H and O–H groups in total. The summed E-state index contributed by atoms with van der Waals surface area (Å²) in [6, 6.07) is 4.52. The zero-order chi connectivity index (χ0) is 26.8. The molecule has 1 fully saturated rings. The molecule has 2 amide bonds. The van der Waals surface area contributed by atoms with E-state index in [1.165, 1.54) is 31.5 Å². The van der Waals surface area contributed by atoms with E-state index in [4.69, 9.17) is 4.74 Å². The Hall–Kier alpha value is -4.29. The molecule has 2 heterocycles. The highest BCUT2D eigenvalue weighted by Crippen LogP contribution is 2.39. The third-order valence-electron chi connectivity index (χ3n) is 5.70. The number of carbonyl (C=O) groups is 2. The minimum Gasteiger partial charge on any atom is -0.455 e. The molecule has 1 unspecified atom stereocenters. The van der Waals surface area contributed by atoms with Gasteiger partial charge < -0.3 is 20.7 Å². The van der Waals surface area contributed by atoms with Gasteiger partial charge in [-0.25, -0.2) is 14.4 Å². The number of para-hydroxylation sites is 1. The van der Waals surface area contributed by atoms with E-state index >= 15 is 0 Å². The molecule has 1 atom stereocenters. The van der Waals surface area contributed by atoms with Crippen LogP contribution in [0.1, 0.15) is 47.4 Å². The molecule has 13 heteroatoms. The Balaban J connectivity index is 1.41. The third-order valence-corrected chi connectivity index (χ3v) is 5.70. The van der Waals surface area contributed by atoms with Crippen LogP contribution in [0.3, 0.4) is 0 Å². The van der Waals surface area contributed by atoms with Crippen LogP contribution in [-0.4, -0.2) is 39.4 Å². The van der Waals surface area contributed by atoms with Crippen molar-refractivity contribution in [1.82, 2.24) is 25.6 Å². The van der Waals surface area contributed by atoms with Gasteiger partial charge in [0.1, 0.15) is 17.0 Å². The molecule has 1 aromatic carbocycles. The molecule has 2 aromatic heterocycles. The molecule has 3 aromatic rings. The molecule has 0 radical (unpaired) electrons. The van der Waals surface area contributed by atoms with Crippen molar-refractivity contribution in [2.75, 3.05) is 12.4 Å². The van der Waals surface area contributed by atoms with Crippen molar-refractivity contribution in [2.45, 2.75) is 37.5 Å². The van der Waals surface area contributed by atoms with E-state index < -0.39 is 46.7 Å². The highest BCUT2D eigenvalue weighted by molar-refractivity contribution is 6.00. The number of halogens is 4. The number of aromatic nitrogens is 3. The van der Waals surface area contributed by atoms with Gasteiger partial charge in [0, 0.05) is 25.5 Å². The van der Waals surface area contributed by atoms with Gasteiger partial charge in [-0.3, -0.25) is 14.6 Å². The average Bonchev–Trinajstić information content (AvgIpc) is 3.64. The Morgan fingerprint density at radius 2 is 1.76 bits per heavy atom. The van der Waals surface area contributed by atoms with Crippen LogP contribution in [0.4, 0.5) is 23.5 Å². The number of rotatable bonds is 8. The Morgan fingerprint density at radius 1 is 1.08 bits per heavy atom. The lowest BCUT2D eigenvalue weighted by atomic mass is 10.1. The first kappa shape index (κ1) is 25.8. The summed E-state index contributed by atoms with van der Waals surface area (Å²) in [5, 5.41) is 8.02. The molecule has 9 nitrogen and oxygen atoms in total. The fourth-order valence-corrected chi connectivity index (χ4v) is 3.52. The number of pyridine rings is 1. The fourth-order valence-electron chi connectivity index (χ4n) is 3.52. The predicted molar refractivity (Wildman–Crippen MR) is 123 cm³/mol. The van der Waals surface area contributed by atoms with Gasteiger partial charge >= 0.3 is 6.18 Å². The number of ether oxygens (including phenoxy) is 1. The average molecular weight is 518 g/mol. The van der Waals surface area contributed by atoms with Crippen molar-refractivity contribution in [1.29, 1.82) is 0 Å². The summed E-state index contributed by atoms with van der Waals surface area (Å²) < 4.78 is 59.6. The zero-order valence-electron chi connectivity index (χ0n) is 19.7. The number of hydrogen-bond acceptors (Lipinski definition) is 7. The Labute approximate surface area is 208 Å². The van der Waals surface area contributed by atoms with E-state index in [0.717, 1.165) is 24.4 Å². The number of benzene rings is 1. The Kier molecular flexibility index (Phi) is 6.96. The van der Waals surface area contributed by atoms with Crippen molar-refractivity contribution >= 4 is 17.8 Å². The van der Waals surface area contributed by atoms with Gasteiger partial charge in [-0.2, -0.15) is 13.2 Å². The molecule has 4 rings (SSSR count). The monoisotopic (exact) mass is 518 g/mol. The topological polar surface area (TPSA) is 118 Å². The van der Waals surface area contributed by atoms with Crippen molar-refractivity contribution in [2.24, 2.45) is 0 Å². The zero-order valence-corrected chi connectivity index (χ0v) is 19.7. The van der Waals surface area contributed by atoms with Crippen LogP contribution in [0.15, 0.2) is 48.9 Å². The summed E-state index contributed by atoms with van der Waals surface area (Å²) in [7, 11) is 1.63. The second-order valence-electron chi connectivity index (χ2n) is 8.41. The summed E-state index contributed by atoms with van der Waals surface area (Å²) in [5.41, 5.74) is -2.15. The molecule has 0 aliphatic heterocycles. The minimum absolute atomic E-state index is 0.150. The van der Waals surface area contributed by atoms with E-state index in [1.54, 1.807) is 7.05 Å². The number of nitrogens with zero attached hydrogens (tertiary/aromatic N) is 3. The van der Waals surface area contributed by atoms with Gasteiger partial charge in [0.2, 0.25) is 11.9 Å². The minimum atomic E-state index is -4.65. The summed E-state index contributed by atoms with van der Waals surface area (Å²) in [6.45, 7) is 1.49. The van der Waals surface area contributed by atoms with Crippen LogP contribution in [-0.2, 0) is 11.0 Å². The molecule has 194 valence electrons. The largest absolute Gasteiger partial charge is 0.455 e. The quantitative estimate of drug-likeness (QED) is 0.386. The fraction of sp³-hybridized carbons (Fsp3) is 0.292. The molecule has 1 saturated carbocycles. The highest BCUT2D eigenvalue weighted by atomic mass is 19.4. The molecular formula is C24H22F4N6O3. The van der Waals surface area contributed by atoms with E-state index in [-0.39, 0.29) is 17.0 Å². The first-order valence-corrected chi connectivity index (χ1v) is 11.2. The van der Waals surface area contributed by atoms with Gasteiger partial charge in [-0.05, 0) is 31.9 Å².